The van der Waals surface area contributed by atoms with Crippen molar-refractivity contribution in [2.24, 2.45) is 0 Å². The zero-order chi connectivity index (χ0) is 14.0. The molecule has 1 heterocycles. The number of benzene rings is 1. The predicted molar refractivity (Wildman–Crippen MR) is 79.8 cm³/mol. The number of anilines is 1. The Morgan fingerprint density at radius 3 is 2.95 bits per heavy atom. The van der Waals surface area contributed by atoms with Crippen molar-refractivity contribution >= 4 is 27.3 Å². The van der Waals surface area contributed by atoms with Crippen molar-refractivity contribution in [3.05, 3.63) is 32.3 Å². The van der Waals surface area contributed by atoms with E-state index in [1.54, 1.807) is 13.0 Å². The Labute approximate surface area is 121 Å². The lowest BCUT2D eigenvalue weighted by atomic mass is 10.1. The van der Waals surface area contributed by atoms with Gasteiger partial charge in [0.15, 0.2) is 0 Å². The number of rotatable bonds is 4. The molecule has 19 heavy (non-hydrogen) atoms. The first-order valence-electron chi connectivity index (χ1n) is 6.40. The van der Waals surface area contributed by atoms with Gasteiger partial charge in [0.25, 0.3) is 5.69 Å². The van der Waals surface area contributed by atoms with E-state index in [4.69, 9.17) is 0 Å². The lowest BCUT2D eigenvalue weighted by Gasteiger charge is -2.28. The molecule has 0 aliphatic carbocycles. The van der Waals surface area contributed by atoms with Gasteiger partial charge in [-0.25, -0.2) is 0 Å². The van der Waals surface area contributed by atoms with Gasteiger partial charge in [-0.05, 0) is 48.8 Å². The first-order valence-corrected chi connectivity index (χ1v) is 7.19. The lowest BCUT2D eigenvalue weighted by molar-refractivity contribution is -0.385. The molecule has 0 saturated carbocycles. The van der Waals surface area contributed by atoms with E-state index >= 15 is 0 Å². The van der Waals surface area contributed by atoms with Crippen molar-refractivity contribution in [1.82, 2.24) is 5.32 Å². The summed E-state index contributed by atoms with van der Waals surface area (Å²) in [6.07, 6.45) is 2.32. The molecule has 0 amide bonds. The van der Waals surface area contributed by atoms with Crippen molar-refractivity contribution < 1.29 is 4.92 Å². The quantitative estimate of drug-likeness (QED) is 0.682. The second-order valence-electron chi connectivity index (χ2n) is 4.89. The number of nitrogens with one attached hydrogen (secondary N) is 1. The molecule has 1 fully saturated rings. The Kier molecular flexibility index (Phi) is 4.42. The van der Waals surface area contributed by atoms with Crippen LogP contribution in [0.2, 0.25) is 0 Å². The molecule has 1 aromatic carbocycles. The highest BCUT2D eigenvalue weighted by molar-refractivity contribution is 9.10. The number of halogens is 1. The third-order valence-corrected chi connectivity index (χ3v) is 4.22. The molecule has 0 bridgehead atoms. The lowest BCUT2D eigenvalue weighted by Crippen LogP contribution is -2.37. The van der Waals surface area contributed by atoms with E-state index < -0.39 is 0 Å². The number of hydrogen-bond acceptors (Lipinski definition) is 4. The monoisotopic (exact) mass is 327 g/mol. The second-order valence-corrected chi connectivity index (χ2v) is 5.75. The number of likely N-dealkylation sites (N-methyl/N-ethyl adjacent to an activating group) is 1. The maximum atomic E-state index is 10.9. The SMILES string of the molecule is CNCC1CCCN1c1cc(C)c([N+](=O)[O-])cc1Br. The number of nitro groups is 1. The van der Waals surface area contributed by atoms with Crippen LogP contribution >= 0.6 is 15.9 Å². The molecule has 1 atom stereocenters. The summed E-state index contributed by atoms with van der Waals surface area (Å²) in [5.41, 5.74) is 1.93. The van der Waals surface area contributed by atoms with Crippen molar-refractivity contribution in [2.75, 3.05) is 25.0 Å². The molecule has 0 radical (unpaired) electrons. The number of nitrogens with zero attached hydrogens (tertiary/aromatic N) is 2. The largest absolute Gasteiger partial charge is 0.366 e. The van der Waals surface area contributed by atoms with E-state index in [-0.39, 0.29) is 10.6 Å². The average molecular weight is 328 g/mol. The molecular weight excluding hydrogens is 310 g/mol. The zero-order valence-electron chi connectivity index (χ0n) is 11.1. The topological polar surface area (TPSA) is 58.4 Å². The fourth-order valence-electron chi connectivity index (χ4n) is 2.67. The van der Waals surface area contributed by atoms with Crippen molar-refractivity contribution in [2.45, 2.75) is 25.8 Å². The molecule has 5 nitrogen and oxygen atoms in total. The highest BCUT2D eigenvalue weighted by Gasteiger charge is 2.27. The maximum Gasteiger partial charge on any atom is 0.273 e. The normalized spacial score (nSPS) is 18.9. The third-order valence-electron chi connectivity index (χ3n) is 3.59. The molecule has 104 valence electrons. The fraction of sp³-hybridized carbons (Fsp3) is 0.538. The Morgan fingerprint density at radius 2 is 2.32 bits per heavy atom. The molecule has 1 unspecified atom stereocenters. The smallest absolute Gasteiger partial charge is 0.273 e. The second kappa shape index (κ2) is 5.88. The Morgan fingerprint density at radius 1 is 1.58 bits per heavy atom. The van der Waals surface area contributed by atoms with E-state index in [1.165, 1.54) is 0 Å². The first kappa shape index (κ1) is 14.3. The minimum atomic E-state index is -0.334. The van der Waals surface area contributed by atoms with Crippen LogP contribution in [0.25, 0.3) is 0 Å². The fourth-order valence-corrected chi connectivity index (χ4v) is 3.23. The van der Waals surface area contributed by atoms with Crippen molar-refractivity contribution in [3.8, 4) is 0 Å². The highest BCUT2D eigenvalue weighted by Crippen LogP contribution is 2.36. The average Bonchev–Trinajstić information content (AvgIpc) is 2.80. The van der Waals surface area contributed by atoms with E-state index in [1.807, 2.05) is 13.1 Å². The minimum Gasteiger partial charge on any atom is -0.366 e. The van der Waals surface area contributed by atoms with E-state index in [0.29, 0.717) is 11.6 Å². The van der Waals surface area contributed by atoms with Crippen LogP contribution in [-0.4, -0.2) is 31.1 Å². The van der Waals surface area contributed by atoms with Gasteiger partial charge in [0, 0.05) is 35.2 Å². The summed E-state index contributed by atoms with van der Waals surface area (Å²) >= 11 is 3.47. The molecular formula is C13H18BrN3O2. The Bertz CT molecular complexity index is 493. The molecule has 6 heteroatoms. The summed E-state index contributed by atoms with van der Waals surface area (Å²) in [4.78, 5) is 12.9. The van der Waals surface area contributed by atoms with Crippen LogP contribution in [0.15, 0.2) is 16.6 Å². The Hall–Kier alpha value is -1.14. The van der Waals surface area contributed by atoms with Gasteiger partial charge in [-0.2, -0.15) is 0 Å². The maximum absolute atomic E-state index is 10.9. The molecule has 0 aromatic heterocycles. The van der Waals surface area contributed by atoms with Gasteiger partial charge in [0.2, 0.25) is 0 Å². The van der Waals surface area contributed by atoms with Crippen LogP contribution in [0, 0.1) is 17.0 Å². The molecule has 1 aromatic rings. The van der Waals surface area contributed by atoms with Gasteiger partial charge >= 0.3 is 0 Å². The van der Waals surface area contributed by atoms with Gasteiger partial charge in [0.1, 0.15) is 0 Å². The molecule has 2 rings (SSSR count). The van der Waals surface area contributed by atoms with Gasteiger partial charge in [-0.15, -0.1) is 0 Å². The van der Waals surface area contributed by atoms with Crippen LogP contribution in [-0.2, 0) is 0 Å². The molecule has 1 aliphatic heterocycles. The van der Waals surface area contributed by atoms with Gasteiger partial charge < -0.3 is 10.2 Å². The van der Waals surface area contributed by atoms with Crippen LogP contribution in [0.1, 0.15) is 18.4 Å². The molecule has 1 N–H and O–H groups in total. The summed E-state index contributed by atoms with van der Waals surface area (Å²) in [5, 5.41) is 14.1. The minimum absolute atomic E-state index is 0.167. The zero-order valence-corrected chi connectivity index (χ0v) is 12.7. The van der Waals surface area contributed by atoms with Crippen LogP contribution < -0.4 is 10.2 Å². The van der Waals surface area contributed by atoms with Crippen LogP contribution in [0.4, 0.5) is 11.4 Å². The van der Waals surface area contributed by atoms with Crippen molar-refractivity contribution in [1.29, 1.82) is 0 Å². The molecule has 1 aliphatic rings. The Balaban J connectivity index is 2.35. The van der Waals surface area contributed by atoms with E-state index in [9.17, 15) is 10.1 Å². The number of nitro benzene ring substituents is 1. The van der Waals surface area contributed by atoms with E-state index in [0.717, 1.165) is 36.1 Å². The number of hydrogen-bond donors (Lipinski definition) is 1. The van der Waals surface area contributed by atoms with Crippen LogP contribution in [0.5, 0.6) is 0 Å². The third kappa shape index (κ3) is 2.90. The van der Waals surface area contributed by atoms with Crippen molar-refractivity contribution in [3.63, 3.8) is 0 Å². The van der Waals surface area contributed by atoms with Gasteiger partial charge in [-0.3, -0.25) is 10.1 Å². The number of aryl methyl sites for hydroxylation is 1. The summed E-state index contributed by atoms with van der Waals surface area (Å²) in [6.45, 7) is 3.72. The summed E-state index contributed by atoms with van der Waals surface area (Å²) in [7, 11) is 1.95. The predicted octanol–water partition coefficient (Wildman–Crippen LogP) is 2.85. The van der Waals surface area contributed by atoms with E-state index in [2.05, 4.69) is 26.1 Å². The summed E-state index contributed by atoms with van der Waals surface area (Å²) in [6, 6.07) is 3.98. The summed E-state index contributed by atoms with van der Waals surface area (Å²) < 4.78 is 0.799. The summed E-state index contributed by atoms with van der Waals surface area (Å²) in [5.74, 6) is 0. The standard InChI is InChI=1S/C13H18BrN3O2/c1-9-6-13(11(14)7-12(9)17(18)19)16-5-3-4-10(16)8-15-2/h6-7,10,15H,3-5,8H2,1-2H3. The van der Waals surface area contributed by atoms with Crippen LogP contribution in [0.3, 0.4) is 0 Å². The first-order chi connectivity index (χ1) is 9.04. The molecule has 0 spiro atoms. The van der Waals surface area contributed by atoms with Gasteiger partial charge in [-0.1, -0.05) is 0 Å². The van der Waals surface area contributed by atoms with Gasteiger partial charge in [0.05, 0.1) is 10.6 Å². The highest BCUT2D eigenvalue weighted by atomic mass is 79.9. The molecule has 1 saturated heterocycles.